The molecule has 0 spiro atoms. The summed E-state index contributed by atoms with van der Waals surface area (Å²) < 4.78 is 10.1. The summed E-state index contributed by atoms with van der Waals surface area (Å²) in [4.78, 5) is 0. The molecule has 3 heteroatoms. The normalized spacial score (nSPS) is 26.1. The first-order valence-corrected chi connectivity index (χ1v) is 3.08. The van der Waals surface area contributed by atoms with E-state index in [9.17, 15) is 0 Å². The van der Waals surface area contributed by atoms with E-state index in [1.165, 1.54) is 0 Å². The Kier molecular flexibility index (Phi) is 2.05. The van der Waals surface area contributed by atoms with Crippen molar-refractivity contribution in [3.63, 3.8) is 0 Å². The first-order chi connectivity index (χ1) is 4.29. The molecule has 1 heterocycles. The molecular formula is C6H11NO2. The third-order valence-electron chi connectivity index (χ3n) is 1.23. The van der Waals surface area contributed by atoms with Gasteiger partial charge in [0.2, 0.25) is 0 Å². The van der Waals surface area contributed by atoms with Crippen LogP contribution in [-0.2, 0) is 9.47 Å². The summed E-state index contributed by atoms with van der Waals surface area (Å²) in [6.07, 6.45) is 1.07. The summed E-state index contributed by atoms with van der Waals surface area (Å²) >= 11 is 0. The van der Waals surface area contributed by atoms with Crippen LogP contribution in [0.15, 0.2) is 0 Å². The summed E-state index contributed by atoms with van der Waals surface area (Å²) in [6, 6.07) is 0. The van der Waals surface area contributed by atoms with Crippen molar-refractivity contribution in [2.45, 2.75) is 19.4 Å². The van der Waals surface area contributed by atoms with E-state index in [1.807, 2.05) is 0 Å². The molecule has 0 aromatic rings. The molecular weight excluding hydrogens is 118 g/mol. The minimum atomic E-state index is 0.141. The number of hydrogen-bond donors (Lipinski definition) is 1. The van der Waals surface area contributed by atoms with Crippen LogP contribution in [0.3, 0.4) is 0 Å². The van der Waals surface area contributed by atoms with E-state index in [0.29, 0.717) is 6.61 Å². The van der Waals surface area contributed by atoms with Crippen molar-refractivity contribution in [2.75, 3.05) is 13.2 Å². The Morgan fingerprint density at radius 3 is 3.00 bits per heavy atom. The Hall–Kier alpha value is -0.570. The highest BCUT2D eigenvalue weighted by molar-refractivity contribution is 5.69. The highest BCUT2D eigenvalue weighted by atomic mass is 16.5. The molecule has 0 aliphatic carbocycles. The molecule has 0 aromatic carbocycles. The lowest BCUT2D eigenvalue weighted by atomic mass is 10.3. The quantitative estimate of drug-likeness (QED) is 0.420. The van der Waals surface area contributed by atoms with Crippen LogP contribution in [0.25, 0.3) is 0 Å². The van der Waals surface area contributed by atoms with Crippen LogP contribution in [0.5, 0.6) is 0 Å². The van der Waals surface area contributed by atoms with Gasteiger partial charge in [0.1, 0.15) is 6.10 Å². The molecule has 1 aliphatic rings. The Morgan fingerprint density at radius 2 is 2.56 bits per heavy atom. The fourth-order valence-electron chi connectivity index (χ4n) is 0.856. The Labute approximate surface area is 54.5 Å². The average Bonchev–Trinajstić information content (AvgIpc) is 2.15. The second-order valence-electron chi connectivity index (χ2n) is 2.16. The molecule has 1 aliphatic heterocycles. The van der Waals surface area contributed by atoms with Crippen molar-refractivity contribution in [3.8, 4) is 0 Å². The second kappa shape index (κ2) is 2.82. The van der Waals surface area contributed by atoms with Crippen molar-refractivity contribution < 1.29 is 9.47 Å². The fraction of sp³-hybridized carbons (Fsp3) is 0.833. The first kappa shape index (κ1) is 6.55. The van der Waals surface area contributed by atoms with Gasteiger partial charge < -0.3 is 9.47 Å². The fourth-order valence-corrected chi connectivity index (χ4v) is 0.856. The van der Waals surface area contributed by atoms with Crippen molar-refractivity contribution in [3.05, 3.63) is 0 Å². The van der Waals surface area contributed by atoms with E-state index < -0.39 is 0 Å². The van der Waals surface area contributed by atoms with Crippen LogP contribution < -0.4 is 0 Å². The van der Waals surface area contributed by atoms with Gasteiger partial charge in [-0.2, -0.15) is 0 Å². The van der Waals surface area contributed by atoms with Crippen molar-refractivity contribution in [2.24, 2.45) is 0 Å². The van der Waals surface area contributed by atoms with Gasteiger partial charge in [0.25, 0.3) is 0 Å². The van der Waals surface area contributed by atoms with Crippen LogP contribution in [-0.4, -0.2) is 25.2 Å². The predicted molar refractivity (Wildman–Crippen MR) is 33.7 cm³/mol. The molecule has 1 fully saturated rings. The smallest absolute Gasteiger partial charge is 0.177 e. The van der Waals surface area contributed by atoms with Crippen LogP contribution >= 0.6 is 0 Å². The lowest BCUT2D eigenvalue weighted by molar-refractivity contribution is 0.133. The maximum absolute atomic E-state index is 6.98. The van der Waals surface area contributed by atoms with Gasteiger partial charge in [-0.05, 0) is 0 Å². The molecule has 1 saturated heterocycles. The number of nitrogens with one attached hydrogen (secondary N) is 1. The molecule has 0 aromatic heterocycles. The summed E-state index contributed by atoms with van der Waals surface area (Å²) in [5.41, 5.74) is 0. The zero-order valence-corrected chi connectivity index (χ0v) is 5.52. The average molecular weight is 129 g/mol. The Bertz CT molecular complexity index is 108. The molecule has 0 bridgehead atoms. The van der Waals surface area contributed by atoms with Gasteiger partial charge >= 0.3 is 0 Å². The van der Waals surface area contributed by atoms with Crippen LogP contribution in [0.4, 0.5) is 0 Å². The van der Waals surface area contributed by atoms with E-state index in [0.717, 1.165) is 13.0 Å². The second-order valence-corrected chi connectivity index (χ2v) is 2.16. The standard InChI is InChI=1S/C6H11NO2/c1-5(7)9-6-2-3-8-4-6/h6-7H,2-4H2,1H3/t6-/m0/s1. The third-order valence-corrected chi connectivity index (χ3v) is 1.23. The predicted octanol–water partition coefficient (Wildman–Crippen LogP) is 0.789. The lowest BCUT2D eigenvalue weighted by Gasteiger charge is -2.07. The van der Waals surface area contributed by atoms with E-state index in [1.54, 1.807) is 6.92 Å². The van der Waals surface area contributed by atoms with Crippen LogP contribution in [0.1, 0.15) is 13.3 Å². The van der Waals surface area contributed by atoms with Gasteiger partial charge in [-0.3, -0.25) is 5.41 Å². The van der Waals surface area contributed by atoms with Gasteiger partial charge in [-0.25, -0.2) is 0 Å². The first-order valence-electron chi connectivity index (χ1n) is 3.08. The van der Waals surface area contributed by atoms with Gasteiger partial charge in [0.15, 0.2) is 5.90 Å². The van der Waals surface area contributed by atoms with Gasteiger partial charge in [0, 0.05) is 13.3 Å². The number of ether oxygens (including phenoxy) is 2. The summed E-state index contributed by atoms with van der Waals surface area (Å²) in [5, 5.41) is 6.98. The highest BCUT2D eigenvalue weighted by Crippen LogP contribution is 2.07. The molecule has 3 nitrogen and oxygen atoms in total. The van der Waals surface area contributed by atoms with Crippen molar-refractivity contribution in [1.82, 2.24) is 0 Å². The van der Waals surface area contributed by atoms with E-state index >= 15 is 0 Å². The summed E-state index contributed by atoms with van der Waals surface area (Å²) in [6.45, 7) is 3.06. The maximum atomic E-state index is 6.98. The highest BCUT2D eigenvalue weighted by Gasteiger charge is 2.16. The lowest BCUT2D eigenvalue weighted by Crippen LogP contribution is -2.14. The summed E-state index contributed by atoms with van der Waals surface area (Å²) in [5.74, 6) is 0.283. The van der Waals surface area contributed by atoms with Crippen LogP contribution in [0, 0.1) is 5.41 Å². The Balaban J connectivity index is 2.19. The molecule has 0 amide bonds. The van der Waals surface area contributed by atoms with Crippen LogP contribution in [0.2, 0.25) is 0 Å². The Morgan fingerprint density at radius 1 is 1.78 bits per heavy atom. The molecule has 52 valence electrons. The van der Waals surface area contributed by atoms with E-state index in [4.69, 9.17) is 14.9 Å². The number of hydrogen-bond acceptors (Lipinski definition) is 3. The topological polar surface area (TPSA) is 42.3 Å². The molecule has 0 unspecified atom stereocenters. The minimum Gasteiger partial charge on any atom is -0.476 e. The largest absolute Gasteiger partial charge is 0.476 e. The molecule has 9 heavy (non-hydrogen) atoms. The van der Waals surface area contributed by atoms with E-state index in [2.05, 4.69) is 0 Å². The monoisotopic (exact) mass is 129 g/mol. The van der Waals surface area contributed by atoms with E-state index in [-0.39, 0.29) is 12.0 Å². The zero-order valence-electron chi connectivity index (χ0n) is 5.52. The molecule has 1 N–H and O–H groups in total. The van der Waals surface area contributed by atoms with Gasteiger partial charge in [0.05, 0.1) is 13.2 Å². The zero-order chi connectivity index (χ0) is 6.69. The molecule has 1 rings (SSSR count). The minimum absolute atomic E-state index is 0.141. The summed E-state index contributed by atoms with van der Waals surface area (Å²) in [7, 11) is 0. The van der Waals surface area contributed by atoms with Crippen molar-refractivity contribution in [1.29, 1.82) is 5.41 Å². The molecule has 1 atom stereocenters. The van der Waals surface area contributed by atoms with Crippen molar-refractivity contribution >= 4 is 5.90 Å². The molecule has 0 radical (unpaired) electrons. The third kappa shape index (κ3) is 2.01. The van der Waals surface area contributed by atoms with Gasteiger partial charge in [-0.15, -0.1) is 0 Å². The molecule has 0 saturated carbocycles. The number of rotatable bonds is 1. The van der Waals surface area contributed by atoms with Gasteiger partial charge in [-0.1, -0.05) is 0 Å². The maximum Gasteiger partial charge on any atom is 0.177 e. The SMILES string of the molecule is CC(=N)O[C@H]1CCOC1.